The van der Waals surface area contributed by atoms with Crippen LogP contribution >= 0.6 is 0 Å². The second kappa shape index (κ2) is 44.8. The van der Waals surface area contributed by atoms with Crippen molar-refractivity contribution < 1.29 is 63.0 Å². The van der Waals surface area contributed by atoms with Crippen molar-refractivity contribution >= 4 is 81.7 Å². The Morgan fingerprint density at radius 2 is 0.872 bits per heavy atom. The van der Waals surface area contributed by atoms with Crippen molar-refractivity contribution in [3.05, 3.63) is 186 Å². The minimum absolute atomic E-state index is 0.00723. The van der Waals surface area contributed by atoms with E-state index in [0.29, 0.717) is 48.1 Å². The number of benzene rings is 6. The standard InChI is InChI=1S/C81H107N15O13/c1-4-5-6-7-20-41-85-42-21-19-32-62(72(101)91-65(46-54-24-11-8-12-25-54)75(104)90-63(33-22-43-86-81(83)84)80(109)96-44-23-34-70(96)79(108)87-52(2)71(82)100)89-74(103)68(49-57-36-39-61(99)40-37-57)94-78(107)69(51-97)95-77(106)67(48-56-28-15-10-16-29-56)93-76(105)66(47-55-26-13-9-14-27-55)92-73(102)64(88-53(3)98)50-58-35-38-59-30-17-18-31-60(59)45-58/h8-18,24-31,35-40,45,52,62-70,85,97,99H,4-7,19-23,32-34,41-44,46-51H2,1-3H3,(H2,82,100)(H,87,108)(H,88,98)(H,89,103)(H,90,104)(H,91,101)(H,92,102)(H,93,105)(H,94,107)(H,95,106)(H4,83,84,86). The number of primary amides is 1. The van der Waals surface area contributed by atoms with Crippen LogP contribution < -0.4 is 70.0 Å². The fraction of sp³-hybridized carbons (Fsp3) is 0.432. The summed E-state index contributed by atoms with van der Waals surface area (Å²) in [6.45, 7) is 5.41. The van der Waals surface area contributed by atoms with Gasteiger partial charge in [0.1, 0.15) is 66.2 Å². The second-order valence-electron chi connectivity index (χ2n) is 27.7. The molecule has 0 saturated carbocycles. The minimum Gasteiger partial charge on any atom is -0.508 e. The Morgan fingerprint density at radius 3 is 1.37 bits per heavy atom. The number of hydrogen-bond acceptors (Lipinski definition) is 15. The number of nitrogens with zero attached hydrogens (tertiary/aromatic N) is 1. The molecule has 11 amide bonds. The van der Waals surface area contributed by atoms with Gasteiger partial charge in [0, 0.05) is 52.1 Å². The number of carbonyl (C=O) groups excluding carboxylic acids is 11. The number of aliphatic hydroxyl groups is 1. The van der Waals surface area contributed by atoms with Crippen molar-refractivity contribution in [2.24, 2.45) is 11.5 Å². The first kappa shape index (κ1) is 85.0. The number of aliphatic hydroxyl groups excluding tert-OH is 1. The average Bonchev–Trinajstić information content (AvgIpc) is 1.80. The molecule has 10 unspecified atom stereocenters. The van der Waals surface area contributed by atoms with Crippen LogP contribution in [-0.4, -0.2) is 179 Å². The molecule has 1 heterocycles. The summed E-state index contributed by atoms with van der Waals surface area (Å²) in [4.78, 5) is 159. The lowest BCUT2D eigenvalue weighted by Crippen LogP contribution is -2.61. The Bertz CT molecular complexity index is 3990. The molecule has 584 valence electrons. The lowest BCUT2D eigenvalue weighted by atomic mass is 9.99. The third kappa shape index (κ3) is 28.8. The maximum Gasteiger partial charge on any atom is 0.245 e. The van der Waals surface area contributed by atoms with E-state index in [-0.39, 0.29) is 82.6 Å². The van der Waals surface area contributed by atoms with Crippen LogP contribution in [0.5, 0.6) is 5.75 Å². The molecule has 6 aromatic rings. The van der Waals surface area contributed by atoms with Gasteiger partial charge in [-0.25, -0.2) is 0 Å². The Hall–Kier alpha value is -11.3. The summed E-state index contributed by atoms with van der Waals surface area (Å²) < 4.78 is 0. The van der Waals surface area contributed by atoms with Gasteiger partial charge in [0.05, 0.1) is 6.61 Å². The summed E-state index contributed by atoms with van der Waals surface area (Å²) in [5, 5.41) is 61.7. The molecule has 0 aliphatic carbocycles. The lowest BCUT2D eigenvalue weighted by Gasteiger charge is -2.31. The molecule has 7 rings (SSSR count). The van der Waals surface area contributed by atoms with Gasteiger partial charge < -0.3 is 85.1 Å². The van der Waals surface area contributed by atoms with E-state index in [4.69, 9.17) is 16.9 Å². The summed E-state index contributed by atoms with van der Waals surface area (Å²) in [5.74, 6) is -8.97. The molecule has 18 N–H and O–H groups in total. The van der Waals surface area contributed by atoms with Gasteiger partial charge in [-0.15, -0.1) is 0 Å². The molecule has 28 nitrogen and oxygen atoms in total. The number of aromatic hydroxyl groups is 1. The topological polar surface area (TPSA) is 440 Å². The van der Waals surface area contributed by atoms with Crippen molar-refractivity contribution in [2.75, 3.05) is 32.8 Å². The number of phenolic OH excluding ortho intramolecular Hbond substituents is 1. The van der Waals surface area contributed by atoms with Crippen LogP contribution in [0.15, 0.2) is 158 Å². The van der Waals surface area contributed by atoms with Gasteiger partial charge in [-0.2, -0.15) is 0 Å². The van der Waals surface area contributed by atoms with Gasteiger partial charge >= 0.3 is 0 Å². The zero-order valence-electron chi connectivity index (χ0n) is 62.3. The van der Waals surface area contributed by atoms with E-state index < -0.39 is 132 Å². The molecule has 28 heteroatoms. The van der Waals surface area contributed by atoms with Crippen LogP contribution in [-0.2, 0) is 84.8 Å². The number of carbonyl (C=O) groups is 11. The van der Waals surface area contributed by atoms with Crippen LogP contribution in [0.1, 0.15) is 126 Å². The predicted octanol–water partition coefficient (Wildman–Crippen LogP) is 2.92. The summed E-state index contributed by atoms with van der Waals surface area (Å²) in [6.07, 6.45) is 6.61. The van der Waals surface area contributed by atoms with E-state index in [1.54, 1.807) is 91.0 Å². The zero-order valence-corrected chi connectivity index (χ0v) is 62.3. The summed E-state index contributed by atoms with van der Waals surface area (Å²) in [6, 6.07) is 31.8. The van der Waals surface area contributed by atoms with Gasteiger partial charge in [-0.05, 0) is 122 Å². The first-order chi connectivity index (χ1) is 52.5. The first-order valence-electron chi connectivity index (χ1n) is 37.6. The molecular weight excluding hydrogens is 1390 g/mol. The molecule has 0 radical (unpaired) electrons. The van der Waals surface area contributed by atoms with Crippen LogP contribution in [0.2, 0.25) is 0 Å². The van der Waals surface area contributed by atoms with E-state index >= 15 is 14.4 Å². The molecule has 1 aliphatic heterocycles. The lowest BCUT2D eigenvalue weighted by molar-refractivity contribution is -0.142. The number of fused-ring (bicyclic) bond motifs is 1. The van der Waals surface area contributed by atoms with Gasteiger partial charge in [0.15, 0.2) is 5.96 Å². The monoisotopic (exact) mass is 1500 g/mol. The van der Waals surface area contributed by atoms with Gasteiger partial charge in [-0.3, -0.25) is 58.1 Å². The third-order valence-electron chi connectivity index (χ3n) is 18.9. The predicted molar refractivity (Wildman–Crippen MR) is 414 cm³/mol. The second-order valence-corrected chi connectivity index (χ2v) is 27.7. The smallest absolute Gasteiger partial charge is 0.245 e. The number of likely N-dealkylation sites (tertiary alicyclic amines) is 1. The first-order valence-corrected chi connectivity index (χ1v) is 37.6. The van der Waals surface area contributed by atoms with E-state index in [2.05, 4.69) is 65.4 Å². The summed E-state index contributed by atoms with van der Waals surface area (Å²) in [5.41, 5.74) is 14.0. The van der Waals surface area contributed by atoms with Crippen LogP contribution in [0.3, 0.4) is 0 Å². The van der Waals surface area contributed by atoms with Crippen LogP contribution in [0.25, 0.3) is 10.8 Å². The Balaban J connectivity index is 1.15. The van der Waals surface area contributed by atoms with Crippen molar-refractivity contribution in [3.8, 4) is 5.75 Å². The van der Waals surface area contributed by atoms with Crippen LogP contribution in [0, 0.1) is 5.41 Å². The molecule has 0 bridgehead atoms. The molecule has 0 aromatic heterocycles. The average molecular weight is 1500 g/mol. The molecule has 1 aliphatic rings. The van der Waals surface area contributed by atoms with Crippen molar-refractivity contribution in [2.45, 2.75) is 190 Å². The van der Waals surface area contributed by atoms with Crippen molar-refractivity contribution in [3.63, 3.8) is 0 Å². The maximum atomic E-state index is 15.2. The number of nitrogens with two attached hydrogens (primary N) is 2. The number of amides is 11. The number of nitrogens with one attached hydrogen (secondary N) is 12. The molecule has 1 saturated heterocycles. The molecule has 0 spiro atoms. The number of guanidine groups is 1. The van der Waals surface area contributed by atoms with Crippen LogP contribution in [0.4, 0.5) is 0 Å². The third-order valence-corrected chi connectivity index (χ3v) is 18.9. The highest BCUT2D eigenvalue weighted by atomic mass is 16.3. The number of unbranched alkanes of at least 4 members (excludes halogenated alkanes) is 5. The molecule has 6 aromatic carbocycles. The number of phenols is 1. The van der Waals surface area contributed by atoms with E-state index in [0.717, 1.165) is 55.0 Å². The molecule has 10 atom stereocenters. The number of rotatable bonds is 45. The highest BCUT2D eigenvalue weighted by Gasteiger charge is 2.40. The quantitative estimate of drug-likeness (QED) is 0.0148. The molecular formula is C81H107N15O13. The highest BCUT2D eigenvalue weighted by Crippen LogP contribution is 2.22. The molecule has 109 heavy (non-hydrogen) atoms. The van der Waals surface area contributed by atoms with E-state index in [9.17, 15) is 48.6 Å². The maximum absolute atomic E-state index is 15.2. The Kier molecular flexibility index (Phi) is 34.9. The normalized spacial score (nSPS) is 15.0. The Labute approximate surface area is 636 Å². The fourth-order valence-corrected chi connectivity index (χ4v) is 12.9. The zero-order chi connectivity index (χ0) is 78.6. The van der Waals surface area contributed by atoms with Crippen molar-refractivity contribution in [1.29, 1.82) is 5.41 Å². The number of hydrogen-bond donors (Lipinski definition) is 16. The van der Waals surface area contributed by atoms with Gasteiger partial charge in [-0.1, -0.05) is 178 Å². The summed E-state index contributed by atoms with van der Waals surface area (Å²) >= 11 is 0. The largest absolute Gasteiger partial charge is 0.508 e. The summed E-state index contributed by atoms with van der Waals surface area (Å²) in [7, 11) is 0. The Morgan fingerprint density at radius 1 is 0.459 bits per heavy atom. The van der Waals surface area contributed by atoms with E-state index in [1.807, 2.05) is 42.5 Å². The van der Waals surface area contributed by atoms with Gasteiger partial charge in [0.2, 0.25) is 65.0 Å². The van der Waals surface area contributed by atoms with Crippen molar-refractivity contribution in [1.82, 2.24) is 63.4 Å². The van der Waals surface area contributed by atoms with Gasteiger partial charge in [0.25, 0.3) is 0 Å². The van der Waals surface area contributed by atoms with E-state index in [1.165, 1.54) is 43.0 Å². The minimum atomic E-state index is -1.79. The highest BCUT2D eigenvalue weighted by molar-refractivity contribution is 5.99. The molecule has 1 fully saturated rings. The fourth-order valence-electron chi connectivity index (χ4n) is 12.9. The SMILES string of the molecule is CCCCCCCNCCCCC(NC(=O)C(Cc1ccc(O)cc1)NC(=O)C(CO)NC(=O)C(Cc1ccccc1)NC(=O)C(Cc1ccccc1)NC(=O)C(Cc1ccc2ccccc2c1)NC(C)=O)C(=O)NC(Cc1ccccc1)C(=O)NC(CCCNC(=N)N)C(=O)N1CCCC1C(=O)NC(C)C(N)=O.